The maximum atomic E-state index is 11.8. The SMILES string of the molecule is CC(=O)Oc1ccccc1/C=N/NC(=O)COc1ccc(C(C)C)cc1. The Balaban J connectivity index is 1.85. The first-order valence-electron chi connectivity index (χ1n) is 8.28. The number of nitrogens with one attached hydrogen (secondary N) is 1. The minimum atomic E-state index is -0.424. The average Bonchev–Trinajstić information content (AvgIpc) is 2.61. The van der Waals surface area contributed by atoms with E-state index >= 15 is 0 Å². The summed E-state index contributed by atoms with van der Waals surface area (Å²) in [6.07, 6.45) is 1.41. The Morgan fingerprint density at radius 2 is 1.81 bits per heavy atom. The monoisotopic (exact) mass is 354 g/mol. The number of ether oxygens (including phenoxy) is 2. The molecule has 0 aliphatic heterocycles. The molecule has 0 radical (unpaired) electrons. The van der Waals surface area contributed by atoms with Crippen LogP contribution in [0.1, 0.15) is 37.8 Å². The van der Waals surface area contributed by atoms with E-state index in [9.17, 15) is 9.59 Å². The molecule has 0 atom stereocenters. The Labute approximate surface area is 152 Å². The number of hydrazone groups is 1. The lowest BCUT2D eigenvalue weighted by Crippen LogP contribution is -2.24. The minimum absolute atomic E-state index is 0.149. The Bertz CT molecular complexity index is 783. The Morgan fingerprint density at radius 3 is 2.46 bits per heavy atom. The number of hydrogen-bond donors (Lipinski definition) is 1. The van der Waals surface area contributed by atoms with E-state index in [0.29, 0.717) is 23.0 Å². The van der Waals surface area contributed by atoms with Gasteiger partial charge in [0, 0.05) is 12.5 Å². The van der Waals surface area contributed by atoms with Gasteiger partial charge in [-0.3, -0.25) is 9.59 Å². The van der Waals surface area contributed by atoms with E-state index in [0.717, 1.165) is 0 Å². The zero-order valence-electron chi connectivity index (χ0n) is 15.1. The lowest BCUT2D eigenvalue weighted by Gasteiger charge is -2.08. The summed E-state index contributed by atoms with van der Waals surface area (Å²) in [7, 11) is 0. The summed E-state index contributed by atoms with van der Waals surface area (Å²) in [4.78, 5) is 22.9. The fraction of sp³-hybridized carbons (Fsp3) is 0.250. The molecule has 0 saturated carbocycles. The number of carbonyl (C=O) groups excluding carboxylic acids is 2. The predicted molar refractivity (Wildman–Crippen MR) is 99.5 cm³/mol. The van der Waals surface area contributed by atoms with E-state index in [1.54, 1.807) is 24.3 Å². The molecule has 0 aliphatic rings. The Hall–Kier alpha value is -3.15. The normalized spacial score (nSPS) is 10.8. The van der Waals surface area contributed by atoms with Gasteiger partial charge in [0.05, 0.1) is 6.21 Å². The fourth-order valence-corrected chi connectivity index (χ4v) is 2.14. The van der Waals surface area contributed by atoms with E-state index in [1.165, 1.54) is 18.7 Å². The van der Waals surface area contributed by atoms with Crippen LogP contribution in [0.4, 0.5) is 0 Å². The van der Waals surface area contributed by atoms with Crippen LogP contribution in [-0.2, 0) is 9.59 Å². The molecule has 0 aromatic heterocycles. The van der Waals surface area contributed by atoms with Crippen LogP contribution >= 0.6 is 0 Å². The van der Waals surface area contributed by atoms with Crippen LogP contribution in [0, 0.1) is 0 Å². The molecule has 1 amide bonds. The van der Waals surface area contributed by atoms with Gasteiger partial charge in [0.15, 0.2) is 6.61 Å². The van der Waals surface area contributed by atoms with Crippen molar-refractivity contribution in [1.29, 1.82) is 0 Å². The van der Waals surface area contributed by atoms with Crippen LogP contribution in [0.25, 0.3) is 0 Å². The van der Waals surface area contributed by atoms with E-state index in [1.807, 2.05) is 24.3 Å². The Kier molecular flexibility index (Phi) is 6.91. The second kappa shape index (κ2) is 9.36. The fourth-order valence-electron chi connectivity index (χ4n) is 2.14. The van der Waals surface area contributed by atoms with Crippen molar-refractivity contribution in [3.05, 3.63) is 59.7 Å². The molecule has 0 bridgehead atoms. The van der Waals surface area contributed by atoms with Gasteiger partial charge in [-0.25, -0.2) is 5.43 Å². The van der Waals surface area contributed by atoms with Gasteiger partial charge in [-0.05, 0) is 35.7 Å². The van der Waals surface area contributed by atoms with Crippen molar-refractivity contribution in [2.75, 3.05) is 6.61 Å². The third kappa shape index (κ3) is 6.05. The van der Waals surface area contributed by atoms with Gasteiger partial charge in [-0.2, -0.15) is 5.10 Å². The van der Waals surface area contributed by atoms with Gasteiger partial charge in [0.25, 0.3) is 5.91 Å². The molecule has 0 heterocycles. The number of amides is 1. The van der Waals surface area contributed by atoms with Crippen molar-refractivity contribution < 1.29 is 19.1 Å². The molecule has 1 N–H and O–H groups in total. The van der Waals surface area contributed by atoms with Gasteiger partial charge >= 0.3 is 5.97 Å². The molecule has 0 saturated heterocycles. The van der Waals surface area contributed by atoms with E-state index < -0.39 is 5.97 Å². The van der Waals surface area contributed by atoms with Gasteiger partial charge < -0.3 is 9.47 Å². The standard InChI is InChI=1S/C20H22N2O4/c1-14(2)16-8-10-18(11-9-16)25-13-20(24)22-21-12-17-6-4-5-7-19(17)26-15(3)23/h4-12,14H,13H2,1-3H3,(H,22,24)/b21-12+. The summed E-state index contributed by atoms with van der Waals surface area (Å²) < 4.78 is 10.5. The summed E-state index contributed by atoms with van der Waals surface area (Å²) in [5.74, 6) is 0.621. The van der Waals surface area contributed by atoms with Crippen molar-refractivity contribution in [1.82, 2.24) is 5.43 Å². The van der Waals surface area contributed by atoms with Crippen LogP contribution in [-0.4, -0.2) is 24.7 Å². The maximum absolute atomic E-state index is 11.8. The molecular formula is C20H22N2O4. The zero-order chi connectivity index (χ0) is 18.9. The number of nitrogens with zero attached hydrogens (tertiary/aromatic N) is 1. The second-order valence-corrected chi connectivity index (χ2v) is 5.94. The second-order valence-electron chi connectivity index (χ2n) is 5.94. The van der Waals surface area contributed by atoms with E-state index in [4.69, 9.17) is 9.47 Å². The zero-order valence-corrected chi connectivity index (χ0v) is 15.1. The van der Waals surface area contributed by atoms with Crippen LogP contribution in [0.3, 0.4) is 0 Å². The summed E-state index contributed by atoms with van der Waals surface area (Å²) >= 11 is 0. The number of para-hydroxylation sites is 1. The van der Waals surface area contributed by atoms with Gasteiger partial charge in [0.1, 0.15) is 11.5 Å². The third-order valence-corrected chi connectivity index (χ3v) is 3.48. The number of hydrogen-bond acceptors (Lipinski definition) is 5. The quantitative estimate of drug-likeness (QED) is 0.358. The lowest BCUT2D eigenvalue weighted by atomic mass is 10.0. The largest absolute Gasteiger partial charge is 0.484 e. The first-order chi connectivity index (χ1) is 12.5. The molecule has 136 valence electrons. The number of benzene rings is 2. The molecule has 0 fully saturated rings. The number of carbonyl (C=O) groups is 2. The van der Waals surface area contributed by atoms with Gasteiger partial charge in [-0.1, -0.05) is 38.1 Å². The topological polar surface area (TPSA) is 77.0 Å². The van der Waals surface area contributed by atoms with Crippen molar-refractivity contribution >= 4 is 18.1 Å². The van der Waals surface area contributed by atoms with Crippen molar-refractivity contribution in [2.45, 2.75) is 26.7 Å². The molecule has 2 aromatic rings. The molecule has 0 unspecified atom stereocenters. The Morgan fingerprint density at radius 1 is 1.12 bits per heavy atom. The molecule has 6 nitrogen and oxygen atoms in total. The highest BCUT2D eigenvalue weighted by atomic mass is 16.5. The smallest absolute Gasteiger partial charge is 0.308 e. The first kappa shape index (κ1) is 19.2. The molecule has 2 rings (SSSR count). The van der Waals surface area contributed by atoms with Crippen LogP contribution in [0.15, 0.2) is 53.6 Å². The summed E-state index contributed by atoms with van der Waals surface area (Å²) in [5, 5.41) is 3.86. The van der Waals surface area contributed by atoms with E-state index in [2.05, 4.69) is 24.4 Å². The van der Waals surface area contributed by atoms with Crippen LogP contribution < -0.4 is 14.9 Å². The molecule has 2 aromatic carbocycles. The van der Waals surface area contributed by atoms with E-state index in [-0.39, 0.29) is 12.5 Å². The average molecular weight is 354 g/mol. The summed E-state index contributed by atoms with van der Waals surface area (Å²) in [6.45, 7) is 5.40. The molecule has 0 spiro atoms. The number of rotatable bonds is 7. The minimum Gasteiger partial charge on any atom is -0.484 e. The summed E-state index contributed by atoms with van der Waals surface area (Å²) in [6, 6.07) is 14.5. The van der Waals surface area contributed by atoms with Crippen molar-refractivity contribution in [3.8, 4) is 11.5 Å². The van der Waals surface area contributed by atoms with Crippen LogP contribution in [0.5, 0.6) is 11.5 Å². The molecule has 6 heteroatoms. The van der Waals surface area contributed by atoms with Crippen LogP contribution in [0.2, 0.25) is 0 Å². The highest BCUT2D eigenvalue weighted by Crippen LogP contribution is 2.18. The molecular weight excluding hydrogens is 332 g/mol. The lowest BCUT2D eigenvalue weighted by molar-refractivity contribution is -0.132. The van der Waals surface area contributed by atoms with Crippen molar-refractivity contribution in [2.24, 2.45) is 5.10 Å². The predicted octanol–water partition coefficient (Wildman–Crippen LogP) is 3.26. The first-order valence-corrected chi connectivity index (χ1v) is 8.28. The van der Waals surface area contributed by atoms with Gasteiger partial charge in [-0.15, -0.1) is 0 Å². The summed E-state index contributed by atoms with van der Waals surface area (Å²) in [5.41, 5.74) is 4.16. The highest BCUT2D eigenvalue weighted by molar-refractivity contribution is 5.86. The maximum Gasteiger partial charge on any atom is 0.308 e. The molecule has 26 heavy (non-hydrogen) atoms. The number of esters is 1. The van der Waals surface area contributed by atoms with Crippen molar-refractivity contribution in [3.63, 3.8) is 0 Å². The molecule has 0 aliphatic carbocycles. The highest BCUT2D eigenvalue weighted by Gasteiger charge is 2.05. The third-order valence-electron chi connectivity index (χ3n) is 3.48. The van der Waals surface area contributed by atoms with Gasteiger partial charge in [0.2, 0.25) is 0 Å².